The Balaban J connectivity index is 2.03. The second-order valence-corrected chi connectivity index (χ2v) is 4.42. The van der Waals surface area contributed by atoms with Gasteiger partial charge >= 0.3 is 0 Å². The van der Waals surface area contributed by atoms with Crippen molar-refractivity contribution >= 4 is 11.7 Å². The van der Waals surface area contributed by atoms with E-state index in [2.05, 4.69) is 5.32 Å². The quantitative estimate of drug-likeness (QED) is 0.837. The summed E-state index contributed by atoms with van der Waals surface area (Å²) in [4.78, 5) is 23.8. The minimum atomic E-state index is -0.373. The molecule has 0 aliphatic heterocycles. The first-order valence-electron chi connectivity index (χ1n) is 6.24. The van der Waals surface area contributed by atoms with Gasteiger partial charge in [-0.25, -0.2) is 0 Å². The predicted octanol–water partition coefficient (Wildman–Crippen LogP) is 2.31. The Hall–Kier alpha value is -2.62. The lowest BCUT2D eigenvalue weighted by Gasteiger charge is -2.08. The van der Waals surface area contributed by atoms with E-state index in [0.29, 0.717) is 16.7 Å². The fourth-order valence-corrected chi connectivity index (χ4v) is 1.85. The number of carbonyl (C=O) groups is 2. The van der Waals surface area contributed by atoms with Crippen LogP contribution in [0, 0.1) is 6.92 Å². The van der Waals surface area contributed by atoms with E-state index in [9.17, 15) is 14.7 Å². The molecule has 0 aliphatic carbocycles. The molecule has 0 fully saturated rings. The zero-order valence-corrected chi connectivity index (χ0v) is 11.1. The number of Topliss-reactive ketones (excluding diaryl/α,β-unsaturated/α-hetero) is 1. The number of phenolic OH excluding ortho intramolecular Hbond substituents is 1. The average Bonchev–Trinajstić information content (AvgIpc) is 2.48. The van der Waals surface area contributed by atoms with E-state index in [1.54, 1.807) is 43.3 Å². The zero-order chi connectivity index (χ0) is 14.5. The smallest absolute Gasteiger partial charge is 0.252 e. The summed E-state index contributed by atoms with van der Waals surface area (Å²) in [6.07, 6.45) is 0. The third-order valence-electron chi connectivity index (χ3n) is 3.06. The number of hydrogen-bond acceptors (Lipinski definition) is 3. The van der Waals surface area contributed by atoms with Crippen LogP contribution in [0.25, 0.3) is 0 Å². The van der Waals surface area contributed by atoms with Gasteiger partial charge in [0.1, 0.15) is 5.75 Å². The molecule has 0 aliphatic rings. The van der Waals surface area contributed by atoms with Crippen molar-refractivity contribution in [3.63, 3.8) is 0 Å². The molecular formula is C16H15NO3. The minimum Gasteiger partial charge on any atom is -0.508 e. The van der Waals surface area contributed by atoms with E-state index in [0.717, 1.165) is 0 Å². The van der Waals surface area contributed by atoms with Gasteiger partial charge in [-0.3, -0.25) is 9.59 Å². The maximum absolute atomic E-state index is 12.0. The fourth-order valence-electron chi connectivity index (χ4n) is 1.85. The number of amides is 1. The molecule has 0 bridgehead atoms. The van der Waals surface area contributed by atoms with Crippen molar-refractivity contribution in [2.75, 3.05) is 6.54 Å². The molecule has 0 saturated carbocycles. The second-order valence-electron chi connectivity index (χ2n) is 4.42. The van der Waals surface area contributed by atoms with Gasteiger partial charge in [0.2, 0.25) is 0 Å². The maximum atomic E-state index is 12.0. The highest BCUT2D eigenvalue weighted by atomic mass is 16.3. The number of rotatable bonds is 4. The molecule has 2 aromatic carbocycles. The first-order chi connectivity index (χ1) is 9.59. The second kappa shape index (κ2) is 6.02. The summed E-state index contributed by atoms with van der Waals surface area (Å²) in [5.41, 5.74) is 1.42. The average molecular weight is 269 g/mol. The minimum absolute atomic E-state index is 0.0621. The first kappa shape index (κ1) is 13.8. The standard InChI is InChI=1S/C16H15NO3/c1-11-13(8-5-9-14(11)18)16(20)17-10-15(19)12-6-3-2-4-7-12/h2-9,18H,10H2,1H3,(H,17,20). The summed E-state index contributed by atoms with van der Waals surface area (Å²) >= 11 is 0. The Morgan fingerprint density at radius 1 is 1.05 bits per heavy atom. The lowest BCUT2D eigenvalue weighted by atomic mass is 10.1. The van der Waals surface area contributed by atoms with E-state index >= 15 is 0 Å². The summed E-state index contributed by atoms with van der Waals surface area (Å²) in [5, 5.41) is 12.1. The van der Waals surface area contributed by atoms with Crippen LogP contribution in [-0.2, 0) is 0 Å². The number of phenols is 1. The van der Waals surface area contributed by atoms with Gasteiger partial charge in [-0.05, 0) is 19.1 Å². The topological polar surface area (TPSA) is 66.4 Å². The molecule has 0 unspecified atom stereocenters. The van der Waals surface area contributed by atoms with Gasteiger partial charge in [-0.15, -0.1) is 0 Å². The van der Waals surface area contributed by atoms with Crippen molar-refractivity contribution in [2.24, 2.45) is 0 Å². The first-order valence-corrected chi connectivity index (χ1v) is 6.24. The normalized spacial score (nSPS) is 10.1. The van der Waals surface area contributed by atoms with E-state index < -0.39 is 0 Å². The van der Waals surface area contributed by atoms with Gasteiger partial charge in [0.05, 0.1) is 6.54 Å². The van der Waals surface area contributed by atoms with Crippen LogP contribution in [0.1, 0.15) is 26.3 Å². The van der Waals surface area contributed by atoms with Crippen LogP contribution >= 0.6 is 0 Å². The largest absolute Gasteiger partial charge is 0.508 e. The lowest BCUT2D eigenvalue weighted by Crippen LogP contribution is -2.30. The van der Waals surface area contributed by atoms with Crippen LogP contribution in [0.2, 0.25) is 0 Å². The molecule has 4 heteroatoms. The molecule has 2 rings (SSSR count). The van der Waals surface area contributed by atoms with Crippen molar-refractivity contribution < 1.29 is 14.7 Å². The van der Waals surface area contributed by atoms with Gasteiger partial charge < -0.3 is 10.4 Å². The Kier molecular flexibility index (Phi) is 4.15. The molecule has 4 nitrogen and oxygen atoms in total. The van der Waals surface area contributed by atoms with Gasteiger partial charge in [0.25, 0.3) is 5.91 Å². The molecule has 0 heterocycles. The summed E-state index contributed by atoms with van der Waals surface area (Å²) in [6, 6.07) is 13.5. The molecule has 20 heavy (non-hydrogen) atoms. The number of nitrogens with one attached hydrogen (secondary N) is 1. The van der Waals surface area contributed by atoms with Crippen LogP contribution < -0.4 is 5.32 Å². The molecule has 0 radical (unpaired) electrons. The molecule has 1 amide bonds. The molecular weight excluding hydrogens is 254 g/mol. The van der Waals surface area contributed by atoms with Crippen molar-refractivity contribution in [3.05, 3.63) is 65.2 Å². The Morgan fingerprint density at radius 2 is 1.75 bits per heavy atom. The van der Waals surface area contributed by atoms with Crippen LogP contribution in [0.5, 0.6) is 5.75 Å². The molecule has 0 atom stereocenters. The van der Waals surface area contributed by atoms with Crippen LogP contribution in [0.15, 0.2) is 48.5 Å². The molecule has 0 spiro atoms. The molecule has 0 saturated heterocycles. The molecule has 0 aromatic heterocycles. The highest BCUT2D eigenvalue weighted by molar-refractivity contribution is 6.02. The van der Waals surface area contributed by atoms with E-state index in [-0.39, 0.29) is 24.0 Å². The van der Waals surface area contributed by atoms with Crippen LogP contribution in [-0.4, -0.2) is 23.3 Å². The number of carbonyl (C=O) groups excluding carboxylic acids is 2. The third kappa shape index (κ3) is 3.03. The Labute approximate surface area is 117 Å². The lowest BCUT2D eigenvalue weighted by molar-refractivity contribution is 0.0903. The number of benzene rings is 2. The molecule has 2 aromatic rings. The van der Waals surface area contributed by atoms with Crippen molar-refractivity contribution in [1.82, 2.24) is 5.32 Å². The highest BCUT2D eigenvalue weighted by Crippen LogP contribution is 2.19. The summed E-state index contributed by atoms with van der Waals surface area (Å²) in [7, 11) is 0. The monoisotopic (exact) mass is 269 g/mol. The van der Waals surface area contributed by atoms with E-state index in [4.69, 9.17) is 0 Å². The van der Waals surface area contributed by atoms with Crippen molar-refractivity contribution in [2.45, 2.75) is 6.92 Å². The van der Waals surface area contributed by atoms with Gasteiger partial charge in [-0.1, -0.05) is 36.4 Å². The van der Waals surface area contributed by atoms with Crippen molar-refractivity contribution in [3.8, 4) is 5.75 Å². The highest BCUT2D eigenvalue weighted by Gasteiger charge is 2.13. The SMILES string of the molecule is Cc1c(O)cccc1C(=O)NCC(=O)c1ccccc1. The maximum Gasteiger partial charge on any atom is 0.252 e. The number of hydrogen-bond donors (Lipinski definition) is 2. The number of ketones is 1. The molecule has 2 N–H and O–H groups in total. The van der Waals surface area contributed by atoms with Gasteiger partial charge in [0.15, 0.2) is 5.78 Å². The summed E-state index contributed by atoms with van der Waals surface area (Å²) < 4.78 is 0. The van der Waals surface area contributed by atoms with Gasteiger partial charge in [-0.2, -0.15) is 0 Å². The third-order valence-corrected chi connectivity index (χ3v) is 3.06. The molecule has 102 valence electrons. The Morgan fingerprint density at radius 3 is 2.45 bits per heavy atom. The predicted molar refractivity (Wildman–Crippen MR) is 75.9 cm³/mol. The van der Waals surface area contributed by atoms with E-state index in [1.807, 2.05) is 6.07 Å². The van der Waals surface area contributed by atoms with Gasteiger partial charge in [0, 0.05) is 16.7 Å². The van der Waals surface area contributed by atoms with Crippen LogP contribution in [0.4, 0.5) is 0 Å². The van der Waals surface area contributed by atoms with Crippen molar-refractivity contribution in [1.29, 1.82) is 0 Å². The number of aromatic hydroxyl groups is 1. The van der Waals surface area contributed by atoms with Crippen LogP contribution in [0.3, 0.4) is 0 Å². The zero-order valence-electron chi connectivity index (χ0n) is 11.1. The fraction of sp³-hybridized carbons (Fsp3) is 0.125. The van der Waals surface area contributed by atoms with E-state index in [1.165, 1.54) is 6.07 Å². The summed E-state index contributed by atoms with van der Waals surface area (Å²) in [6.45, 7) is 1.58. The Bertz CT molecular complexity index is 635. The summed E-state index contributed by atoms with van der Waals surface area (Å²) in [5.74, 6) is -0.466.